The minimum Gasteiger partial charge on any atom is -0.388 e. The lowest BCUT2D eigenvalue weighted by atomic mass is 10.0. The molecule has 0 aliphatic carbocycles. The number of aliphatic hydroxyl groups excluding tert-OH is 3. The topological polar surface area (TPSA) is 136 Å². The van der Waals surface area contributed by atoms with Gasteiger partial charge in [0.15, 0.2) is 5.78 Å². The summed E-state index contributed by atoms with van der Waals surface area (Å²) >= 11 is 0. The van der Waals surface area contributed by atoms with Gasteiger partial charge in [-0.25, -0.2) is 0 Å². The average Bonchev–Trinajstić information content (AvgIpc) is 2.27. The van der Waals surface area contributed by atoms with Crippen LogP contribution in [0.15, 0.2) is 5.11 Å². The molecule has 0 aromatic heterocycles. The number of ether oxygens (including phenoxy) is 1. The molecule has 15 heavy (non-hydrogen) atoms. The van der Waals surface area contributed by atoms with Crippen LogP contribution in [0.1, 0.15) is 0 Å². The van der Waals surface area contributed by atoms with Gasteiger partial charge in [-0.2, -0.15) is 0 Å². The number of nitrogens with zero attached hydrogens (tertiary/aromatic N) is 3. The molecular formula is C7H13N3O5. The molecule has 8 nitrogen and oxygen atoms in total. The first-order valence-electron chi connectivity index (χ1n) is 4.11. The van der Waals surface area contributed by atoms with Gasteiger partial charge in [-0.05, 0) is 5.53 Å². The molecular weight excluding hydrogens is 206 g/mol. The minimum absolute atomic E-state index is 0.218. The van der Waals surface area contributed by atoms with Crippen LogP contribution in [-0.2, 0) is 9.53 Å². The first kappa shape index (κ1) is 13.8. The van der Waals surface area contributed by atoms with Crippen molar-refractivity contribution in [2.45, 2.75) is 18.3 Å². The van der Waals surface area contributed by atoms with Crippen molar-refractivity contribution >= 4 is 5.78 Å². The van der Waals surface area contributed by atoms with E-state index in [1.165, 1.54) is 7.11 Å². The van der Waals surface area contributed by atoms with Crippen LogP contribution in [0.5, 0.6) is 0 Å². The van der Waals surface area contributed by atoms with Crippen LogP contribution in [0.3, 0.4) is 0 Å². The summed E-state index contributed by atoms with van der Waals surface area (Å²) < 4.78 is 4.72. The Bertz CT molecular complexity index is 253. The summed E-state index contributed by atoms with van der Waals surface area (Å²) in [6, 6.07) is 0. The number of hydrogen-bond acceptors (Lipinski definition) is 6. The van der Waals surface area contributed by atoms with Crippen molar-refractivity contribution in [3.8, 4) is 0 Å². The number of carbonyl (C=O) groups excluding carboxylic acids is 1. The van der Waals surface area contributed by atoms with Crippen LogP contribution >= 0.6 is 0 Å². The monoisotopic (exact) mass is 219 g/mol. The summed E-state index contributed by atoms with van der Waals surface area (Å²) in [6.07, 6.45) is -4.29. The lowest BCUT2D eigenvalue weighted by molar-refractivity contribution is -0.142. The highest BCUT2D eigenvalue weighted by atomic mass is 16.5. The van der Waals surface area contributed by atoms with Crippen LogP contribution in [0.25, 0.3) is 10.4 Å². The zero-order valence-electron chi connectivity index (χ0n) is 8.15. The molecule has 0 heterocycles. The maximum Gasteiger partial charge on any atom is 0.189 e. The van der Waals surface area contributed by atoms with Gasteiger partial charge in [0.25, 0.3) is 0 Å². The Morgan fingerprint density at radius 2 is 2.20 bits per heavy atom. The van der Waals surface area contributed by atoms with E-state index >= 15 is 0 Å². The maximum absolute atomic E-state index is 10.8. The van der Waals surface area contributed by atoms with E-state index in [2.05, 4.69) is 10.0 Å². The molecule has 86 valence electrons. The zero-order valence-corrected chi connectivity index (χ0v) is 8.15. The fourth-order valence-electron chi connectivity index (χ4n) is 0.926. The van der Waals surface area contributed by atoms with Crippen molar-refractivity contribution < 1.29 is 24.9 Å². The van der Waals surface area contributed by atoms with Crippen LogP contribution in [0.4, 0.5) is 0 Å². The van der Waals surface area contributed by atoms with E-state index in [-0.39, 0.29) is 6.54 Å². The Morgan fingerprint density at radius 1 is 1.60 bits per heavy atom. The van der Waals surface area contributed by atoms with Crippen LogP contribution in [-0.4, -0.2) is 59.7 Å². The van der Waals surface area contributed by atoms with E-state index in [0.29, 0.717) is 0 Å². The fourth-order valence-corrected chi connectivity index (χ4v) is 0.926. The molecule has 0 saturated carbocycles. The predicted molar refractivity (Wildman–Crippen MR) is 48.9 cm³/mol. The molecule has 3 N–H and O–H groups in total. The Kier molecular flexibility index (Phi) is 6.59. The first-order valence-corrected chi connectivity index (χ1v) is 4.11. The Morgan fingerprint density at radius 3 is 2.60 bits per heavy atom. The molecule has 0 aliphatic rings. The van der Waals surface area contributed by atoms with Gasteiger partial charge in [0.2, 0.25) is 0 Å². The van der Waals surface area contributed by atoms with E-state index in [0.717, 1.165) is 0 Å². The average molecular weight is 219 g/mol. The molecule has 0 fully saturated rings. The normalized spacial score (nSPS) is 16.3. The second kappa shape index (κ2) is 7.16. The molecule has 0 spiro atoms. The van der Waals surface area contributed by atoms with Gasteiger partial charge in [0.05, 0.1) is 12.6 Å². The van der Waals surface area contributed by atoms with Crippen molar-refractivity contribution in [3.05, 3.63) is 10.4 Å². The highest BCUT2D eigenvalue weighted by molar-refractivity contribution is 5.84. The van der Waals surface area contributed by atoms with Gasteiger partial charge in [-0.3, -0.25) is 4.79 Å². The fraction of sp³-hybridized carbons (Fsp3) is 0.857. The van der Waals surface area contributed by atoms with Gasteiger partial charge in [-0.15, -0.1) is 0 Å². The van der Waals surface area contributed by atoms with Crippen molar-refractivity contribution in [1.29, 1.82) is 0 Å². The van der Waals surface area contributed by atoms with Gasteiger partial charge in [0, 0.05) is 12.0 Å². The van der Waals surface area contributed by atoms with Gasteiger partial charge in [-0.1, -0.05) is 5.11 Å². The molecule has 0 aliphatic heterocycles. The zero-order chi connectivity index (χ0) is 11.8. The lowest BCUT2D eigenvalue weighted by Gasteiger charge is -2.23. The second-order valence-corrected chi connectivity index (χ2v) is 2.75. The highest BCUT2D eigenvalue weighted by Gasteiger charge is 2.30. The number of methoxy groups -OCH3 is 1. The number of aliphatic hydroxyl groups is 3. The highest BCUT2D eigenvalue weighted by Crippen LogP contribution is 2.05. The summed E-state index contributed by atoms with van der Waals surface area (Å²) in [5, 5.41) is 30.2. The molecule has 0 unspecified atom stereocenters. The third kappa shape index (κ3) is 4.24. The smallest absolute Gasteiger partial charge is 0.189 e. The number of azide groups is 1. The molecule has 0 saturated heterocycles. The largest absolute Gasteiger partial charge is 0.388 e. The Labute approximate surface area is 85.7 Å². The van der Waals surface area contributed by atoms with Gasteiger partial charge >= 0.3 is 0 Å². The predicted octanol–water partition coefficient (Wildman–Crippen LogP) is -1.41. The first-order chi connectivity index (χ1) is 7.08. The SMILES string of the molecule is CO[C@H](CN=[N+]=[N-])[C@H](O)[C@H](O)C(=O)CO. The molecule has 0 rings (SSSR count). The van der Waals surface area contributed by atoms with Gasteiger partial charge in [0.1, 0.15) is 18.8 Å². The van der Waals surface area contributed by atoms with Crippen molar-refractivity contribution in [3.63, 3.8) is 0 Å². The molecule has 3 atom stereocenters. The molecule has 0 aromatic rings. The van der Waals surface area contributed by atoms with Crippen molar-refractivity contribution in [2.75, 3.05) is 20.3 Å². The Balaban J connectivity index is 4.41. The maximum atomic E-state index is 10.8. The number of rotatable bonds is 7. The molecule has 0 aromatic carbocycles. The molecule has 8 heteroatoms. The number of hydrogen-bond donors (Lipinski definition) is 3. The number of ketones is 1. The summed E-state index contributed by atoms with van der Waals surface area (Å²) in [5.74, 6) is -0.925. The summed E-state index contributed by atoms with van der Waals surface area (Å²) in [6.45, 7) is -1.10. The third-order valence-corrected chi connectivity index (χ3v) is 1.82. The van der Waals surface area contributed by atoms with E-state index in [1.54, 1.807) is 0 Å². The molecule has 0 bridgehead atoms. The molecule has 0 amide bonds. The second-order valence-electron chi connectivity index (χ2n) is 2.75. The third-order valence-electron chi connectivity index (χ3n) is 1.82. The summed E-state index contributed by atoms with van der Waals surface area (Å²) in [7, 11) is 1.23. The number of Topliss-reactive ketones (excluding diaryl/α,β-unsaturated/α-hetero) is 1. The molecule has 0 radical (unpaired) electrons. The minimum atomic E-state index is -1.76. The van der Waals surface area contributed by atoms with Crippen LogP contribution < -0.4 is 0 Å². The van der Waals surface area contributed by atoms with E-state index in [1.807, 2.05) is 0 Å². The van der Waals surface area contributed by atoms with E-state index in [4.69, 9.17) is 15.4 Å². The lowest BCUT2D eigenvalue weighted by Crippen LogP contribution is -2.45. The summed E-state index contributed by atoms with van der Waals surface area (Å²) in [4.78, 5) is 13.3. The quantitative estimate of drug-likeness (QED) is 0.274. The number of carbonyl (C=O) groups is 1. The standard InChI is InChI=1S/C7H13N3O5/c1-15-5(2-9-10-8)7(14)6(13)4(12)3-11/h5-7,11,13-14H,2-3H2,1H3/t5-,6-,7+/m1/s1. The van der Waals surface area contributed by atoms with E-state index in [9.17, 15) is 15.0 Å². The van der Waals surface area contributed by atoms with Crippen LogP contribution in [0, 0.1) is 0 Å². The van der Waals surface area contributed by atoms with E-state index < -0.39 is 30.7 Å². The van der Waals surface area contributed by atoms with Gasteiger partial charge < -0.3 is 20.1 Å². The van der Waals surface area contributed by atoms with Crippen molar-refractivity contribution in [1.82, 2.24) is 0 Å². The Hall–Kier alpha value is -1.18. The van der Waals surface area contributed by atoms with Crippen LogP contribution in [0.2, 0.25) is 0 Å². The van der Waals surface area contributed by atoms with Crippen molar-refractivity contribution in [2.24, 2.45) is 5.11 Å². The summed E-state index contributed by atoms with van der Waals surface area (Å²) in [5.41, 5.74) is 8.04.